The molecule has 1 atom stereocenters. The Morgan fingerprint density at radius 2 is 2.04 bits per heavy atom. The van der Waals surface area contributed by atoms with E-state index in [4.69, 9.17) is 21.4 Å². The molecule has 0 saturated carbocycles. The van der Waals surface area contributed by atoms with Crippen LogP contribution in [0.1, 0.15) is 37.1 Å². The summed E-state index contributed by atoms with van der Waals surface area (Å²) in [5.41, 5.74) is 1.16. The van der Waals surface area contributed by atoms with Gasteiger partial charge in [-0.2, -0.15) is 0 Å². The highest BCUT2D eigenvalue weighted by molar-refractivity contribution is 7.71. The normalized spacial score (nSPS) is 16.8. The van der Waals surface area contributed by atoms with Crippen molar-refractivity contribution < 1.29 is 13.9 Å². The van der Waals surface area contributed by atoms with Crippen LogP contribution in [-0.2, 0) is 4.79 Å². The van der Waals surface area contributed by atoms with Crippen LogP contribution in [0.4, 0.5) is 0 Å². The zero-order valence-electron chi connectivity index (χ0n) is 13.8. The summed E-state index contributed by atoms with van der Waals surface area (Å²) in [4.78, 5) is 14.7. The fourth-order valence-electron chi connectivity index (χ4n) is 2.89. The van der Waals surface area contributed by atoms with Crippen LogP contribution in [-0.4, -0.2) is 40.2 Å². The van der Waals surface area contributed by atoms with E-state index in [2.05, 4.69) is 10.2 Å². The molecule has 3 rings (SSSR count). The molecule has 0 bridgehead atoms. The van der Waals surface area contributed by atoms with E-state index >= 15 is 0 Å². The minimum Gasteiger partial charge on any atom is -0.481 e. The van der Waals surface area contributed by atoms with E-state index in [1.54, 1.807) is 6.92 Å². The van der Waals surface area contributed by atoms with Crippen LogP contribution >= 0.6 is 12.2 Å². The molecule has 0 aliphatic carbocycles. The average Bonchev–Trinajstić information content (AvgIpc) is 3.03. The predicted octanol–water partition coefficient (Wildman–Crippen LogP) is 3.21. The summed E-state index contributed by atoms with van der Waals surface area (Å²) >= 11 is 4.91. The van der Waals surface area contributed by atoms with Crippen LogP contribution in [0.3, 0.4) is 0 Å². The molecule has 0 radical (unpaired) electrons. The molecule has 1 unspecified atom stereocenters. The van der Waals surface area contributed by atoms with Crippen molar-refractivity contribution >= 4 is 18.1 Å². The summed E-state index contributed by atoms with van der Waals surface area (Å²) in [5.74, 6) is 1.56. The first-order valence-electron chi connectivity index (χ1n) is 8.10. The molecule has 1 aliphatic heterocycles. The monoisotopic (exact) mass is 347 g/mol. The van der Waals surface area contributed by atoms with E-state index in [0.29, 0.717) is 29.6 Å². The maximum atomic E-state index is 12.6. The highest BCUT2D eigenvalue weighted by Gasteiger charge is 2.29. The molecule has 128 valence electrons. The number of hydrogen-bond acceptors (Lipinski definition) is 5. The van der Waals surface area contributed by atoms with Crippen LogP contribution in [0.2, 0.25) is 0 Å². The lowest BCUT2D eigenvalue weighted by molar-refractivity contribution is -0.139. The van der Waals surface area contributed by atoms with Crippen LogP contribution < -0.4 is 4.74 Å². The number of rotatable bonds is 4. The van der Waals surface area contributed by atoms with Crippen LogP contribution in [0.5, 0.6) is 5.75 Å². The van der Waals surface area contributed by atoms with E-state index in [1.165, 1.54) is 0 Å². The lowest BCUT2D eigenvalue weighted by Gasteiger charge is -2.32. The molecular weight excluding hydrogens is 326 g/mol. The fraction of sp³-hybridized carbons (Fsp3) is 0.471. The summed E-state index contributed by atoms with van der Waals surface area (Å²) in [6, 6.07) is 7.71. The Morgan fingerprint density at radius 1 is 1.38 bits per heavy atom. The maximum absolute atomic E-state index is 12.6. The predicted molar refractivity (Wildman–Crippen MR) is 91.5 cm³/mol. The highest BCUT2D eigenvalue weighted by atomic mass is 32.1. The van der Waals surface area contributed by atoms with E-state index in [9.17, 15) is 4.79 Å². The molecule has 1 aromatic carbocycles. The van der Waals surface area contributed by atoms with Crippen molar-refractivity contribution in [2.75, 3.05) is 13.1 Å². The Balaban J connectivity index is 1.54. The number of benzene rings is 1. The molecule has 2 aromatic rings. The number of H-pyrrole nitrogens is 1. The second-order valence-electron chi connectivity index (χ2n) is 6.12. The van der Waals surface area contributed by atoms with Crippen molar-refractivity contribution in [1.29, 1.82) is 0 Å². The maximum Gasteiger partial charge on any atom is 0.284 e. The minimum absolute atomic E-state index is 0.0111. The molecule has 1 fully saturated rings. The zero-order valence-corrected chi connectivity index (χ0v) is 14.6. The third-order valence-corrected chi connectivity index (χ3v) is 4.47. The fourth-order valence-corrected chi connectivity index (χ4v) is 3.02. The molecule has 1 saturated heterocycles. The number of aromatic nitrogens is 2. The number of aryl methyl sites for hydroxylation is 1. The minimum atomic E-state index is -0.501. The molecular formula is C17H21N3O3S. The van der Waals surface area contributed by atoms with Crippen molar-refractivity contribution in [2.45, 2.75) is 38.7 Å². The summed E-state index contributed by atoms with van der Waals surface area (Å²) in [7, 11) is 0. The standard InChI is InChI=1S/C17H21N3O3S/c1-11-3-5-14(6-4-11)22-12(2)16(21)20-9-7-13(8-10-20)15-18-19-17(24)23-15/h3-6,12-13H,7-10H2,1-2H3,(H,19,24). The Morgan fingerprint density at radius 3 is 2.62 bits per heavy atom. The number of aromatic amines is 1. The van der Waals surface area contributed by atoms with Crippen LogP contribution in [0.15, 0.2) is 28.7 Å². The quantitative estimate of drug-likeness (QED) is 0.860. The summed E-state index contributed by atoms with van der Waals surface area (Å²) in [6.07, 6.45) is 1.12. The van der Waals surface area contributed by atoms with E-state index in [-0.39, 0.29) is 11.8 Å². The Kier molecular flexibility index (Phi) is 4.99. The van der Waals surface area contributed by atoms with Crippen molar-refractivity contribution in [3.8, 4) is 5.75 Å². The summed E-state index contributed by atoms with van der Waals surface area (Å²) in [5, 5.41) is 6.73. The van der Waals surface area contributed by atoms with E-state index in [0.717, 1.165) is 18.4 Å². The van der Waals surface area contributed by atoms with Crippen molar-refractivity contribution in [3.63, 3.8) is 0 Å². The van der Waals surface area contributed by atoms with E-state index < -0.39 is 6.10 Å². The van der Waals surface area contributed by atoms with Gasteiger partial charge < -0.3 is 14.1 Å². The average molecular weight is 347 g/mol. The molecule has 6 nitrogen and oxygen atoms in total. The van der Waals surface area contributed by atoms with Gasteiger partial charge in [0.15, 0.2) is 6.10 Å². The van der Waals surface area contributed by atoms with Gasteiger partial charge in [-0.15, -0.1) is 5.10 Å². The van der Waals surface area contributed by atoms with Crippen molar-refractivity contribution in [2.24, 2.45) is 0 Å². The SMILES string of the molecule is Cc1ccc(OC(C)C(=O)N2CCC(c3n[nH]c(=S)o3)CC2)cc1. The first-order chi connectivity index (χ1) is 11.5. The van der Waals surface area contributed by atoms with Crippen molar-refractivity contribution in [3.05, 3.63) is 40.6 Å². The van der Waals surface area contributed by atoms with Gasteiger partial charge in [-0.05, 0) is 51.0 Å². The molecule has 1 aromatic heterocycles. The van der Waals surface area contributed by atoms with Gasteiger partial charge in [0.05, 0.1) is 0 Å². The van der Waals surface area contributed by atoms with Gasteiger partial charge in [-0.1, -0.05) is 17.7 Å². The number of nitrogens with one attached hydrogen (secondary N) is 1. The Labute approximate surface area is 145 Å². The number of hydrogen-bond donors (Lipinski definition) is 1. The van der Waals surface area contributed by atoms with Crippen LogP contribution in [0, 0.1) is 11.8 Å². The van der Waals surface area contributed by atoms with Gasteiger partial charge in [0.1, 0.15) is 5.75 Å². The molecule has 1 N–H and O–H groups in total. The molecule has 24 heavy (non-hydrogen) atoms. The van der Waals surface area contributed by atoms with Crippen LogP contribution in [0.25, 0.3) is 0 Å². The van der Waals surface area contributed by atoms with Gasteiger partial charge in [0.2, 0.25) is 5.89 Å². The number of piperidine rings is 1. The Hall–Kier alpha value is -2.15. The highest BCUT2D eigenvalue weighted by Crippen LogP contribution is 2.27. The first-order valence-corrected chi connectivity index (χ1v) is 8.51. The summed E-state index contributed by atoms with van der Waals surface area (Å²) < 4.78 is 11.1. The molecule has 2 heterocycles. The molecule has 1 amide bonds. The third kappa shape index (κ3) is 3.84. The second-order valence-corrected chi connectivity index (χ2v) is 6.49. The van der Waals surface area contributed by atoms with Gasteiger partial charge in [0.25, 0.3) is 10.7 Å². The smallest absolute Gasteiger partial charge is 0.284 e. The van der Waals surface area contributed by atoms with Crippen molar-refractivity contribution in [1.82, 2.24) is 15.1 Å². The number of likely N-dealkylation sites (tertiary alicyclic amines) is 1. The number of carbonyl (C=O) groups excluding carboxylic acids is 1. The van der Waals surface area contributed by atoms with E-state index in [1.807, 2.05) is 36.1 Å². The molecule has 7 heteroatoms. The number of carbonyl (C=O) groups is 1. The second kappa shape index (κ2) is 7.17. The number of ether oxygens (including phenoxy) is 1. The largest absolute Gasteiger partial charge is 0.481 e. The summed E-state index contributed by atoms with van der Waals surface area (Å²) in [6.45, 7) is 5.14. The lowest BCUT2D eigenvalue weighted by atomic mass is 9.96. The number of amides is 1. The molecule has 0 spiro atoms. The topological polar surface area (TPSA) is 71.4 Å². The first kappa shape index (κ1) is 16.7. The van der Waals surface area contributed by atoms with Gasteiger partial charge in [-0.25, -0.2) is 5.10 Å². The third-order valence-electron chi connectivity index (χ3n) is 4.29. The number of nitrogens with zero attached hydrogens (tertiary/aromatic N) is 2. The lowest BCUT2D eigenvalue weighted by Crippen LogP contribution is -2.44. The van der Waals surface area contributed by atoms with Gasteiger partial charge >= 0.3 is 0 Å². The van der Waals surface area contributed by atoms with Gasteiger partial charge in [-0.3, -0.25) is 4.79 Å². The molecule has 1 aliphatic rings. The Bertz CT molecular complexity index is 745. The van der Waals surface area contributed by atoms with Gasteiger partial charge in [0, 0.05) is 19.0 Å². The zero-order chi connectivity index (χ0) is 17.1.